The van der Waals surface area contributed by atoms with Gasteiger partial charge in [0.25, 0.3) is 5.69 Å². The van der Waals surface area contributed by atoms with Crippen LogP contribution in [0.4, 0.5) is 11.4 Å². The zero-order valence-electron chi connectivity index (χ0n) is 11.1. The van der Waals surface area contributed by atoms with Crippen molar-refractivity contribution in [2.45, 2.75) is 13.5 Å². The van der Waals surface area contributed by atoms with Crippen LogP contribution in [0.25, 0.3) is 0 Å². The molecule has 1 aromatic carbocycles. The maximum absolute atomic E-state index is 12.0. The largest absolute Gasteiger partial charge is 0.334 e. The summed E-state index contributed by atoms with van der Waals surface area (Å²) in [4.78, 5) is 32.1. The number of aryl methyl sites for hydroxylation is 1. The van der Waals surface area contributed by atoms with Crippen LogP contribution in [-0.2, 0) is 6.54 Å². The lowest BCUT2D eigenvalue weighted by molar-refractivity contribution is -0.386. The third-order valence-corrected chi connectivity index (χ3v) is 3.06. The van der Waals surface area contributed by atoms with Gasteiger partial charge in [0.1, 0.15) is 0 Å². The summed E-state index contributed by atoms with van der Waals surface area (Å²) in [5, 5.41) is 21.3. The smallest absolute Gasteiger partial charge is 0.303 e. The van der Waals surface area contributed by atoms with Gasteiger partial charge in [-0.15, -0.1) is 0 Å². The molecule has 8 nitrogen and oxygen atoms in total. The van der Waals surface area contributed by atoms with E-state index in [4.69, 9.17) is 0 Å². The zero-order valence-corrected chi connectivity index (χ0v) is 11.1. The molecule has 108 valence electrons. The molecule has 8 heteroatoms. The molecular formula is C13H11N3O5. The molecule has 0 aliphatic rings. The van der Waals surface area contributed by atoms with Crippen LogP contribution in [0.15, 0.2) is 41.2 Å². The van der Waals surface area contributed by atoms with Gasteiger partial charge in [-0.2, -0.15) is 0 Å². The van der Waals surface area contributed by atoms with E-state index in [1.165, 1.54) is 41.0 Å². The number of hydrogen-bond donors (Lipinski definition) is 0. The molecule has 0 atom stereocenters. The fourth-order valence-electron chi connectivity index (χ4n) is 1.90. The van der Waals surface area contributed by atoms with Gasteiger partial charge in [0.05, 0.1) is 16.4 Å². The molecule has 1 heterocycles. The second-order valence-corrected chi connectivity index (χ2v) is 4.43. The Balaban J connectivity index is 2.39. The van der Waals surface area contributed by atoms with Gasteiger partial charge in [-0.25, -0.2) is 0 Å². The van der Waals surface area contributed by atoms with Gasteiger partial charge >= 0.3 is 11.2 Å². The Morgan fingerprint density at radius 1 is 1.00 bits per heavy atom. The zero-order chi connectivity index (χ0) is 15.6. The minimum atomic E-state index is -0.728. The summed E-state index contributed by atoms with van der Waals surface area (Å²) in [6.07, 6.45) is 0. The van der Waals surface area contributed by atoms with Gasteiger partial charge in [-0.1, -0.05) is 12.1 Å². The van der Waals surface area contributed by atoms with Crippen molar-refractivity contribution >= 4 is 11.4 Å². The molecule has 21 heavy (non-hydrogen) atoms. The Kier molecular flexibility index (Phi) is 3.79. The number of nitro groups is 2. The van der Waals surface area contributed by atoms with Crippen molar-refractivity contribution in [1.82, 2.24) is 4.57 Å². The van der Waals surface area contributed by atoms with E-state index in [9.17, 15) is 25.0 Å². The van der Waals surface area contributed by atoms with Crippen LogP contribution in [0.5, 0.6) is 0 Å². The van der Waals surface area contributed by atoms with Crippen molar-refractivity contribution in [3.8, 4) is 0 Å². The fraction of sp³-hybridized carbons (Fsp3) is 0.154. The Morgan fingerprint density at radius 2 is 1.62 bits per heavy atom. The van der Waals surface area contributed by atoms with Crippen molar-refractivity contribution < 1.29 is 9.85 Å². The van der Waals surface area contributed by atoms with E-state index in [0.29, 0.717) is 11.3 Å². The van der Waals surface area contributed by atoms with Gasteiger partial charge in [0, 0.05) is 23.9 Å². The minimum absolute atomic E-state index is 0.0538. The second-order valence-electron chi connectivity index (χ2n) is 4.43. The number of hydrogen-bond acceptors (Lipinski definition) is 5. The average Bonchev–Trinajstić information content (AvgIpc) is 2.43. The molecule has 0 amide bonds. The second kappa shape index (κ2) is 5.53. The highest BCUT2D eigenvalue weighted by Crippen LogP contribution is 2.14. The summed E-state index contributed by atoms with van der Waals surface area (Å²) in [7, 11) is 0. The molecule has 2 aromatic rings. The maximum atomic E-state index is 12.0. The van der Waals surface area contributed by atoms with Crippen molar-refractivity contribution in [2.24, 2.45) is 0 Å². The minimum Gasteiger partial charge on any atom is -0.303 e. The molecule has 0 aliphatic carbocycles. The number of rotatable bonds is 4. The number of pyridine rings is 1. The molecule has 0 unspecified atom stereocenters. The van der Waals surface area contributed by atoms with E-state index in [1.54, 1.807) is 6.92 Å². The molecule has 1 aromatic heterocycles. The van der Waals surface area contributed by atoms with Crippen LogP contribution in [-0.4, -0.2) is 14.4 Å². The van der Waals surface area contributed by atoms with Crippen molar-refractivity contribution in [2.75, 3.05) is 0 Å². The van der Waals surface area contributed by atoms with Gasteiger partial charge in [-0.3, -0.25) is 25.0 Å². The van der Waals surface area contributed by atoms with Crippen LogP contribution in [0, 0.1) is 27.2 Å². The highest BCUT2D eigenvalue weighted by Gasteiger charge is 2.16. The first kappa shape index (κ1) is 14.4. The van der Waals surface area contributed by atoms with E-state index in [0.717, 1.165) is 0 Å². The van der Waals surface area contributed by atoms with Crippen molar-refractivity contribution in [1.29, 1.82) is 0 Å². The van der Waals surface area contributed by atoms with Crippen LogP contribution in [0.1, 0.15) is 11.3 Å². The van der Waals surface area contributed by atoms with Crippen LogP contribution in [0.2, 0.25) is 0 Å². The molecule has 0 N–H and O–H groups in total. The molecule has 0 saturated heterocycles. The van der Waals surface area contributed by atoms with E-state index in [2.05, 4.69) is 0 Å². The lowest BCUT2D eigenvalue weighted by Crippen LogP contribution is -2.24. The number of aromatic nitrogens is 1. The molecule has 0 fully saturated rings. The van der Waals surface area contributed by atoms with Crippen molar-refractivity contribution in [3.63, 3.8) is 0 Å². The van der Waals surface area contributed by atoms with E-state index in [-0.39, 0.29) is 12.2 Å². The summed E-state index contributed by atoms with van der Waals surface area (Å²) < 4.78 is 1.26. The lowest BCUT2D eigenvalue weighted by atomic mass is 10.2. The standard InChI is InChI=1S/C13H11N3O5/c1-9-2-7-12(16(20)21)13(17)14(9)8-10-3-5-11(6-4-10)15(18)19/h2-7H,8H2,1H3. The average molecular weight is 289 g/mol. The predicted octanol–water partition coefficient (Wildman–Crippen LogP) is 2.02. The third-order valence-electron chi connectivity index (χ3n) is 3.06. The van der Waals surface area contributed by atoms with Crippen LogP contribution in [0.3, 0.4) is 0 Å². The van der Waals surface area contributed by atoms with Crippen LogP contribution < -0.4 is 5.56 Å². The molecule has 0 saturated carbocycles. The van der Waals surface area contributed by atoms with E-state index in [1.807, 2.05) is 0 Å². The van der Waals surface area contributed by atoms with Gasteiger partial charge in [0.2, 0.25) is 0 Å². The topological polar surface area (TPSA) is 108 Å². The predicted molar refractivity (Wildman–Crippen MR) is 74.3 cm³/mol. The fourth-order valence-corrected chi connectivity index (χ4v) is 1.90. The summed E-state index contributed by atoms with van der Waals surface area (Å²) in [6.45, 7) is 1.78. The number of benzene rings is 1. The quantitative estimate of drug-likeness (QED) is 0.632. The van der Waals surface area contributed by atoms with Crippen LogP contribution >= 0.6 is 0 Å². The summed E-state index contributed by atoms with van der Waals surface area (Å²) in [5.74, 6) is 0. The van der Waals surface area contributed by atoms with Gasteiger partial charge in [0.15, 0.2) is 0 Å². The highest BCUT2D eigenvalue weighted by molar-refractivity contribution is 5.34. The molecule has 0 spiro atoms. The Labute approximate surface area is 118 Å². The summed E-state index contributed by atoms with van der Waals surface area (Å²) in [6, 6.07) is 8.35. The summed E-state index contributed by atoms with van der Waals surface area (Å²) in [5.41, 5.74) is -0.0297. The number of nitrogens with zero attached hydrogens (tertiary/aromatic N) is 3. The first-order chi connectivity index (χ1) is 9.90. The maximum Gasteiger partial charge on any atom is 0.334 e. The Morgan fingerprint density at radius 3 is 2.14 bits per heavy atom. The number of non-ortho nitro benzene ring substituents is 1. The first-order valence-corrected chi connectivity index (χ1v) is 5.98. The third kappa shape index (κ3) is 2.94. The molecule has 2 rings (SSSR count). The Bertz CT molecular complexity index is 764. The van der Waals surface area contributed by atoms with Gasteiger partial charge in [-0.05, 0) is 18.6 Å². The number of nitro benzene ring substituents is 1. The van der Waals surface area contributed by atoms with Gasteiger partial charge < -0.3 is 4.57 Å². The Hall–Kier alpha value is -3.03. The highest BCUT2D eigenvalue weighted by atomic mass is 16.6. The normalized spacial score (nSPS) is 10.3. The molecule has 0 bridgehead atoms. The van der Waals surface area contributed by atoms with E-state index < -0.39 is 21.1 Å². The SMILES string of the molecule is Cc1ccc([N+](=O)[O-])c(=O)n1Cc1ccc([N+](=O)[O-])cc1. The first-order valence-electron chi connectivity index (χ1n) is 5.98. The molecule has 0 radical (unpaired) electrons. The van der Waals surface area contributed by atoms with Crippen molar-refractivity contribution in [3.05, 3.63) is 78.2 Å². The van der Waals surface area contributed by atoms with E-state index >= 15 is 0 Å². The summed E-state index contributed by atoms with van der Waals surface area (Å²) >= 11 is 0. The molecular weight excluding hydrogens is 278 g/mol. The molecule has 0 aliphatic heterocycles. The monoisotopic (exact) mass is 289 g/mol. The lowest BCUT2D eigenvalue weighted by Gasteiger charge is -2.09.